The second kappa shape index (κ2) is 4.90. The number of rotatable bonds is 2. The zero-order valence-electron chi connectivity index (χ0n) is 10.2. The van der Waals surface area contributed by atoms with E-state index in [-0.39, 0.29) is 12.1 Å². The van der Waals surface area contributed by atoms with Crippen LogP contribution < -0.4 is 0 Å². The molecule has 1 saturated carbocycles. The Kier molecular flexibility index (Phi) is 3.11. The quantitative estimate of drug-likeness (QED) is 0.881. The molecule has 0 bridgehead atoms. The van der Waals surface area contributed by atoms with Gasteiger partial charge in [0.05, 0.1) is 17.8 Å². The minimum absolute atomic E-state index is 0.121. The highest BCUT2D eigenvalue weighted by molar-refractivity contribution is 5.52. The smallest absolute Gasteiger partial charge is 0.111 e. The summed E-state index contributed by atoms with van der Waals surface area (Å²) in [5, 5.41) is 14.6. The van der Waals surface area contributed by atoms with Gasteiger partial charge in [-0.3, -0.25) is 9.67 Å². The maximum Gasteiger partial charge on any atom is 0.111 e. The third-order valence-electron chi connectivity index (χ3n) is 3.57. The summed E-state index contributed by atoms with van der Waals surface area (Å²) in [6.45, 7) is 0. The number of aliphatic hydroxyl groups is 1. The number of pyridine rings is 1. The molecule has 94 valence electrons. The molecule has 0 saturated heterocycles. The molecule has 2 aromatic rings. The second-order valence-corrected chi connectivity index (χ2v) is 4.82. The third-order valence-corrected chi connectivity index (χ3v) is 3.57. The van der Waals surface area contributed by atoms with E-state index < -0.39 is 0 Å². The van der Waals surface area contributed by atoms with Crippen LogP contribution in [0.15, 0.2) is 36.7 Å². The maximum atomic E-state index is 10.0. The Balaban J connectivity index is 1.85. The van der Waals surface area contributed by atoms with Gasteiger partial charge in [-0.2, -0.15) is 5.10 Å². The number of hydrogen-bond acceptors (Lipinski definition) is 3. The lowest BCUT2D eigenvalue weighted by molar-refractivity contribution is 0.0695. The SMILES string of the molecule is O[C@@H]1CCCC[C@H]1n1ccc(-c2ccccn2)n1. The summed E-state index contributed by atoms with van der Waals surface area (Å²) in [7, 11) is 0. The number of nitrogens with zero attached hydrogens (tertiary/aromatic N) is 3. The van der Waals surface area contributed by atoms with Gasteiger partial charge in [-0.1, -0.05) is 18.9 Å². The molecule has 0 aliphatic heterocycles. The van der Waals surface area contributed by atoms with Crippen molar-refractivity contribution >= 4 is 0 Å². The average molecular weight is 243 g/mol. The average Bonchev–Trinajstić information content (AvgIpc) is 2.90. The molecule has 0 spiro atoms. The molecular weight excluding hydrogens is 226 g/mol. The topological polar surface area (TPSA) is 50.9 Å². The van der Waals surface area contributed by atoms with Gasteiger partial charge in [0.2, 0.25) is 0 Å². The summed E-state index contributed by atoms with van der Waals surface area (Å²) >= 11 is 0. The fourth-order valence-electron chi connectivity index (χ4n) is 2.57. The standard InChI is InChI=1S/C14H17N3O/c18-14-7-2-1-6-13(14)17-10-8-12(16-17)11-5-3-4-9-15-11/h3-5,8-10,13-14,18H,1-2,6-7H2/t13-,14-/m1/s1. The van der Waals surface area contributed by atoms with Crippen molar-refractivity contribution in [3.8, 4) is 11.4 Å². The van der Waals surface area contributed by atoms with E-state index >= 15 is 0 Å². The van der Waals surface area contributed by atoms with Gasteiger partial charge in [-0.15, -0.1) is 0 Å². The molecule has 1 N–H and O–H groups in total. The summed E-state index contributed by atoms with van der Waals surface area (Å²) in [4.78, 5) is 4.29. The van der Waals surface area contributed by atoms with Gasteiger partial charge in [0.25, 0.3) is 0 Å². The van der Waals surface area contributed by atoms with E-state index in [9.17, 15) is 5.11 Å². The molecule has 0 unspecified atom stereocenters. The number of aliphatic hydroxyl groups excluding tert-OH is 1. The first-order valence-corrected chi connectivity index (χ1v) is 6.49. The van der Waals surface area contributed by atoms with Crippen molar-refractivity contribution in [1.29, 1.82) is 0 Å². The molecule has 0 aromatic carbocycles. The molecule has 4 nitrogen and oxygen atoms in total. The van der Waals surface area contributed by atoms with Crippen molar-refractivity contribution in [1.82, 2.24) is 14.8 Å². The first-order valence-electron chi connectivity index (χ1n) is 6.49. The van der Waals surface area contributed by atoms with Gasteiger partial charge in [-0.05, 0) is 31.0 Å². The molecule has 1 aliphatic carbocycles. The lowest BCUT2D eigenvalue weighted by Crippen LogP contribution is -2.27. The van der Waals surface area contributed by atoms with Crippen molar-refractivity contribution in [2.24, 2.45) is 0 Å². The first-order chi connectivity index (χ1) is 8.84. The van der Waals surface area contributed by atoms with E-state index in [0.717, 1.165) is 30.7 Å². The van der Waals surface area contributed by atoms with Crippen LogP contribution in [0, 0.1) is 0 Å². The van der Waals surface area contributed by atoms with E-state index in [1.807, 2.05) is 35.1 Å². The Morgan fingerprint density at radius 1 is 1.11 bits per heavy atom. The molecule has 18 heavy (non-hydrogen) atoms. The highest BCUT2D eigenvalue weighted by Crippen LogP contribution is 2.28. The van der Waals surface area contributed by atoms with E-state index in [4.69, 9.17) is 0 Å². The largest absolute Gasteiger partial charge is 0.391 e. The van der Waals surface area contributed by atoms with Gasteiger partial charge in [0, 0.05) is 12.4 Å². The van der Waals surface area contributed by atoms with Crippen LogP contribution in [-0.4, -0.2) is 26.0 Å². The van der Waals surface area contributed by atoms with E-state index in [0.29, 0.717) is 0 Å². The Hall–Kier alpha value is -1.68. The molecule has 4 heteroatoms. The zero-order chi connectivity index (χ0) is 12.4. The van der Waals surface area contributed by atoms with Crippen molar-refractivity contribution in [2.75, 3.05) is 0 Å². The summed E-state index contributed by atoms with van der Waals surface area (Å²) < 4.78 is 1.90. The van der Waals surface area contributed by atoms with Crippen LogP contribution in [0.25, 0.3) is 11.4 Å². The number of hydrogen-bond donors (Lipinski definition) is 1. The predicted octanol–water partition coefficient (Wildman–Crippen LogP) is 2.42. The van der Waals surface area contributed by atoms with Crippen molar-refractivity contribution in [3.63, 3.8) is 0 Å². The van der Waals surface area contributed by atoms with Gasteiger partial charge in [-0.25, -0.2) is 0 Å². The highest BCUT2D eigenvalue weighted by atomic mass is 16.3. The second-order valence-electron chi connectivity index (χ2n) is 4.82. The van der Waals surface area contributed by atoms with Crippen LogP contribution in [0.3, 0.4) is 0 Å². The number of aromatic nitrogens is 3. The van der Waals surface area contributed by atoms with Crippen molar-refractivity contribution in [2.45, 2.75) is 37.8 Å². The molecule has 3 rings (SSSR count). The van der Waals surface area contributed by atoms with Crippen LogP contribution in [-0.2, 0) is 0 Å². The Labute approximate surface area is 106 Å². The summed E-state index contributed by atoms with van der Waals surface area (Å²) in [5.41, 5.74) is 1.75. The molecule has 1 fully saturated rings. The third kappa shape index (κ3) is 2.16. The Bertz CT molecular complexity index is 509. The van der Waals surface area contributed by atoms with Gasteiger partial charge in [0.1, 0.15) is 5.69 Å². The molecule has 1 aliphatic rings. The normalized spacial score (nSPS) is 24.1. The molecule has 2 atom stereocenters. The summed E-state index contributed by atoms with van der Waals surface area (Å²) in [5.74, 6) is 0. The minimum atomic E-state index is -0.268. The summed E-state index contributed by atoms with van der Waals surface area (Å²) in [6.07, 6.45) is 7.61. The van der Waals surface area contributed by atoms with Crippen LogP contribution in [0.1, 0.15) is 31.7 Å². The molecular formula is C14H17N3O. The van der Waals surface area contributed by atoms with Crippen molar-refractivity contribution in [3.05, 3.63) is 36.7 Å². The summed E-state index contributed by atoms with van der Waals surface area (Å²) in [6, 6.07) is 7.88. The fraction of sp³-hybridized carbons (Fsp3) is 0.429. The van der Waals surface area contributed by atoms with Gasteiger partial charge >= 0.3 is 0 Å². The Morgan fingerprint density at radius 3 is 2.78 bits per heavy atom. The zero-order valence-corrected chi connectivity index (χ0v) is 10.2. The molecule has 0 amide bonds. The molecule has 2 aromatic heterocycles. The molecule has 0 radical (unpaired) electrons. The van der Waals surface area contributed by atoms with Crippen molar-refractivity contribution < 1.29 is 5.11 Å². The van der Waals surface area contributed by atoms with Crippen LogP contribution >= 0.6 is 0 Å². The maximum absolute atomic E-state index is 10.0. The van der Waals surface area contributed by atoms with E-state index in [1.54, 1.807) is 6.20 Å². The van der Waals surface area contributed by atoms with Crippen LogP contribution in [0.5, 0.6) is 0 Å². The monoisotopic (exact) mass is 243 g/mol. The van der Waals surface area contributed by atoms with Crippen LogP contribution in [0.2, 0.25) is 0 Å². The highest BCUT2D eigenvalue weighted by Gasteiger charge is 2.25. The Morgan fingerprint density at radius 2 is 2.00 bits per heavy atom. The minimum Gasteiger partial charge on any atom is -0.391 e. The lowest BCUT2D eigenvalue weighted by Gasteiger charge is -2.27. The van der Waals surface area contributed by atoms with Gasteiger partial charge in [0.15, 0.2) is 0 Å². The van der Waals surface area contributed by atoms with E-state index in [1.165, 1.54) is 6.42 Å². The fourth-order valence-corrected chi connectivity index (χ4v) is 2.57. The predicted molar refractivity (Wildman–Crippen MR) is 69.0 cm³/mol. The lowest BCUT2D eigenvalue weighted by atomic mass is 9.93. The van der Waals surface area contributed by atoms with Gasteiger partial charge < -0.3 is 5.11 Å². The first kappa shape index (κ1) is 11.4. The van der Waals surface area contributed by atoms with E-state index in [2.05, 4.69) is 10.1 Å². The van der Waals surface area contributed by atoms with Crippen LogP contribution in [0.4, 0.5) is 0 Å². The molecule has 2 heterocycles.